The maximum atomic E-state index is 11.8. The van der Waals surface area contributed by atoms with Gasteiger partial charge in [-0.05, 0) is 29.3 Å². The number of carbonyl (C=O) groups is 1. The largest absolute Gasteiger partial charge is 0.480 e. The van der Waals surface area contributed by atoms with Gasteiger partial charge in [-0.1, -0.05) is 24.3 Å². The van der Waals surface area contributed by atoms with E-state index < -0.39 is 5.97 Å². The standard InChI is InChI=1S/C17H18N2O3/c1-18(2)15-7-5-13(6-8-15)3-4-14-9-10-19(12-17(21)22)16(20)11-14/h3-11H,12H2,1-2H3,(H,21,22)/b4-3+. The van der Waals surface area contributed by atoms with Gasteiger partial charge in [0.25, 0.3) is 5.56 Å². The number of hydrogen-bond donors (Lipinski definition) is 1. The van der Waals surface area contributed by atoms with Crippen molar-refractivity contribution in [2.75, 3.05) is 19.0 Å². The first kappa shape index (κ1) is 15.6. The monoisotopic (exact) mass is 298 g/mol. The molecule has 0 radical (unpaired) electrons. The van der Waals surface area contributed by atoms with Crippen LogP contribution in [0.2, 0.25) is 0 Å². The second kappa shape index (κ2) is 6.76. The van der Waals surface area contributed by atoms with Crippen molar-refractivity contribution in [3.05, 3.63) is 64.1 Å². The summed E-state index contributed by atoms with van der Waals surface area (Å²) in [4.78, 5) is 24.4. The molecule has 0 saturated carbocycles. The highest BCUT2D eigenvalue weighted by atomic mass is 16.4. The molecular formula is C17H18N2O3. The second-order valence-electron chi connectivity index (χ2n) is 5.14. The summed E-state index contributed by atoms with van der Waals surface area (Å²) in [7, 11) is 3.97. The summed E-state index contributed by atoms with van der Waals surface area (Å²) in [5, 5.41) is 8.70. The zero-order chi connectivity index (χ0) is 16.1. The molecule has 0 atom stereocenters. The van der Waals surface area contributed by atoms with E-state index in [1.165, 1.54) is 12.3 Å². The molecule has 0 saturated heterocycles. The van der Waals surface area contributed by atoms with Crippen LogP contribution >= 0.6 is 0 Å². The van der Waals surface area contributed by atoms with Crippen molar-refractivity contribution in [3.8, 4) is 0 Å². The molecule has 5 nitrogen and oxygen atoms in total. The van der Waals surface area contributed by atoms with E-state index in [1.807, 2.05) is 55.4 Å². The summed E-state index contributed by atoms with van der Waals surface area (Å²) in [5.41, 5.74) is 2.56. The fourth-order valence-corrected chi connectivity index (χ4v) is 1.98. The molecule has 0 aliphatic rings. The minimum Gasteiger partial charge on any atom is -0.480 e. The van der Waals surface area contributed by atoms with Gasteiger partial charge in [-0.2, -0.15) is 0 Å². The van der Waals surface area contributed by atoms with Crippen molar-refractivity contribution < 1.29 is 9.90 Å². The average Bonchev–Trinajstić information content (AvgIpc) is 2.47. The molecule has 0 aliphatic heterocycles. The summed E-state index contributed by atoms with van der Waals surface area (Å²) in [6.07, 6.45) is 5.23. The molecule has 0 aliphatic carbocycles. The van der Waals surface area contributed by atoms with E-state index in [4.69, 9.17) is 5.11 Å². The molecule has 0 fully saturated rings. The summed E-state index contributed by atoms with van der Waals surface area (Å²) in [6, 6.07) is 11.2. The number of carboxylic acid groups (broad SMARTS) is 1. The van der Waals surface area contributed by atoms with E-state index in [0.717, 1.165) is 21.4 Å². The first-order valence-corrected chi connectivity index (χ1v) is 6.83. The lowest BCUT2D eigenvalue weighted by molar-refractivity contribution is -0.137. The Bertz CT molecular complexity index is 743. The number of hydrogen-bond acceptors (Lipinski definition) is 3. The molecular weight excluding hydrogens is 280 g/mol. The van der Waals surface area contributed by atoms with E-state index in [2.05, 4.69) is 0 Å². The molecule has 1 heterocycles. The lowest BCUT2D eigenvalue weighted by Gasteiger charge is -2.11. The lowest BCUT2D eigenvalue weighted by atomic mass is 10.1. The Kier molecular flexibility index (Phi) is 4.78. The highest BCUT2D eigenvalue weighted by molar-refractivity contribution is 5.70. The number of aromatic nitrogens is 1. The van der Waals surface area contributed by atoms with Gasteiger partial charge in [0.1, 0.15) is 6.54 Å². The molecule has 2 rings (SSSR count). The third-order valence-corrected chi connectivity index (χ3v) is 3.20. The Morgan fingerprint density at radius 2 is 1.77 bits per heavy atom. The number of carboxylic acids is 1. The van der Waals surface area contributed by atoms with E-state index >= 15 is 0 Å². The molecule has 1 N–H and O–H groups in total. The van der Waals surface area contributed by atoms with Crippen LogP contribution in [-0.2, 0) is 11.3 Å². The fraction of sp³-hybridized carbons (Fsp3) is 0.176. The molecule has 1 aromatic heterocycles. The minimum atomic E-state index is -1.04. The zero-order valence-electron chi connectivity index (χ0n) is 12.6. The van der Waals surface area contributed by atoms with Crippen LogP contribution in [0.4, 0.5) is 5.69 Å². The summed E-state index contributed by atoms with van der Waals surface area (Å²) in [5.74, 6) is -1.04. The predicted octanol–water partition coefficient (Wildman–Crippen LogP) is 2.17. The van der Waals surface area contributed by atoms with Crippen molar-refractivity contribution in [3.63, 3.8) is 0 Å². The maximum Gasteiger partial charge on any atom is 0.323 e. The van der Waals surface area contributed by atoms with Crippen LogP contribution in [0.3, 0.4) is 0 Å². The summed E-state index contributed by atoms with van der Waals surface area (Å²) >= 11 is 0. The summed E-state index contributed by atoms with van der Waals surface area (Å²) in [6.45, 7) is -0.325. The molecule has 2 aromatic rings. The van der Waals surface area contributed by atoms with Crippen molar-refractivity contribution in [2.24, 2.45) is 0 Å². The number of rotatable bonds is 5. The van der Waals surface area contributed by atoms with E-state index in [0.29, 0.717) is 0 Å². The van der Waals surface area contributed by atoms with Crippen LogP contribution in [0.1, 0.15) is 11.1 Å². The Labute approximate surface area is 128 Å². The van der Waals surface area contributed by atoms with Gasteiger partial charge in [-0.3, -0.25) is 9.59 Å². The van der Waals surface area contributed by atoms with Crippen molar-refractivity contribution in [2.45, 2.75) is 6.54 Å². The van der Waals surface area contributed by atoms with Crippen LogP contribution in [0.15, 0.2) is 47.4 Å². The van der Waals surface area contributed by atoms with Crippen molar-refractivity contribution in [1.29, 1.82) is 0 Å². The first-order chi connectivity index (χ1) is 10.5. The Morgan fingerprint density at radius 1 is 1.14 bits per heavy atom. The highest BCUT2D eigenvalue weighted by Crippen LogP contribution is 2.14. The van der Waals surface area contributed by atoms with Crippen LogP contribution in [0.5, 0.6) is 0 Å². The zero-order valence-corrected chi connectivity index (χ0v) is 12.6. The second-order valence-corrected chi connectivity index (χ2v) is 5.14. The molecule has 0 unspecified atom stereocenters. The van der Waals surface area contributed by atoms with Gasteiger partial charge in [0.05, 0.1) is 0 Å². The molecule has 0 bridgehead atoms. The number of nitrogens with zero attached hydrogens (tertiary/aromatic N) is 2. The Balaban J connectivity index is 2.14. The van der Waals surface area contributed by atoms with Gasteiger partial charge in [0.2, 0.25) is 0 Å². The molecule has 1 aromatic carbocycles. The van der Waals surface area contributed by atoms with Crippen LogP contribution in [0.25, 0.3) is 12.2 Å². The van der Waals surface area contributed by atoms with Gasteiger partial charge in [-0.25, -0.2) is 0 Å². The molecule has 5 heteroatoms. The smallest absolute Gasteiger partial charge is 0.323 e. The van der Waals surface area contributed by atoms with Gasteiger partial charge in [0.15, 0.2) is 0 Å². The third kappa shape index (κ3) is 4.09. The van der Waals surface area contributed by atoms with Gasteiger partial charge < -0.3 is 14.6 Å². The number of pyridine rings is 1. The summed E-state index contributed by atoms with van der Waals surface area (Å²) < 4.78 is 1.16. The fourth-order valence-electron chi connectivity index (χ4n) is 1.98. The molecule has 0 spiro atoms. The lowest BCUT2D eigenvalue weighted by Crippen LogP contribution is -2.22. The third-order valence-electron chi connectivity index (χ3n) is 3.20. The Morgan fingerprint density at radius 3 is 2.32 bits per heavy atom. The normalized spacial score (nSPS) is 10.8. The SMILES string of the molecule is CN(C)c1ccc(/C=C/c2ccn(CC(=O)O)c(=O)c2)cc1. The quantitative estimate of drug-likeness (QED) is 0.919. The number of anilines is 1. The van der Waals surface area contributed by atoms with E-state index in [9.17, 15) is 9.59 Å². The highest BCUT2D eigenvalue weighted by Gasteiger charge is 2.01. The maximum absolute atomic E-state index is 11.8. The van der Waals surface area contributed by atoms with Gasteiger partial charge in [-0.15, -0.1) is 0 Å². The molecule has 114 valence electrons. The van der Waals surface area contributed by atoms with Crippen molar-refractivity contribution in [1.82, 2.24) is 4.57 Å². The molecule has 22 heavy (non-hydrogen) atoms. The van der Waals surface area contributed by atoms with E-state index in [-0.39, 0.29) is 12.1 Å². The van der Waals surface area contributed by atoms with Gasteiger partial charge >= 0.3 is 5.97 Å². The number of benzene rings is 1. The predicted molar refractivity (Wildman–Crippen MR) is 88.0 cm³/mol. The van der Waals surface area contributed by atoms with Crippen LogP contribution in [0, 0.1) is 0 Å². The Hall–Kier alpha value is -2.82. The van der Waals surface area contributed by atoms with Crippen LogP contribution in [-0.4, -0.2) is 29.7 Å². The molecule has 0 amide bonds. The average molecular weight is 298 g/mol. The van der Waals surface area contributed by atoms with Gasteiger partial charge in [0, 0.05) is 32.0 Å². The van der Waals surface area contributed by atoms with Crippen molar-refractivity contribution >= 4 is 23.8 Å². The first-order valence-electron chi connectivity index (χ1n) is 6.83. The number of aliphatic carboxylic acids is 1. The van der Waals surface area contributed by atoms with E-state index in [1.54, 1.807) is 6.07 Å². The van der Waals surface area contributed by atoms with Crippen LogP contribution < -0.4 is 10.5 Å². The minimum absolute atomic E-state index is 0.325. The topological polar surface area (TPSA) is 62.5 Å².